The van der Waals surface area contributed by atoms with E-state index in [0.717, 1.165) is 29.0 Å². The predicted molar refractivity (Wildman–Crippen MR) is 133 cm³/mol. The first-order valence-corrected chi connectivity index (χ1v) is 13.0. The van der Waals surface area contributed by atoms with E-state index in [0.29, 0.717) is 25.3 Å². The number of hydrogen-bond donors (Lipinski definition) is 1. The van der Waals surface area contributed by atoms with Crippen LogP contribution in [-0.4, -0.2) is 43.4 Å². The van der Waals surface area contributed by atoms with Crippen LogP contribution in [0.1, 0.15) is 25.0 Å². The number of amides is 1. The van der Waals surface area contributed by atoms with Crippen molar-refractivity contribution in [3.05, 3.63) is 76.7 Å². The summed E-state index contributed by atoms with van der Waals surface area (Å²) in [5.74, 6) is 0.488. The summed E-state index contributed by atoms with van der Waals surface area (Å²) in [4.78, 5) is 24.2. The van der Waals surface area contributed by atoms with Crippen molar-refractivity contribution < 1.29 is 17.9 Å². The van der Waals surface area contributed by atoms with Gasteiger partial charge in [-0.3, -0.25) is 9.59 Å². The molecule has 1 aromatic heterocycles. The van der Waals surface area contributed by atoms with Gasteiger partial charge in [0.15, 0.2) is 0 Å². The average Bonchev–Trinajstić information content (AvgIpc) is 2.84. The van der Waals surface area contributed by atoms with Crippen LogP contribution in [0.15, 0.2) is 70.4 Å². The monoisotopic (exact) mass is 493 g/mol. The molecule has 2 atom stereocenters. The number of ether oxygens (including phenoxy) is 1. The molecule has 2 aliphatic heterocycles. The van der Waals surface area contributed by atoms with Crippen molar-refractivity contribution in [1.82, 2.24) is 8.87 Å². The van der Waals surface area contributed by atoms with Crippen LogP contribution >= 0.6 is 0 Å². The lowest BCUT2D eigenvalue weighted by Gasteiger charge is -2.42. The van der Waals surface area contributed by atoms with E-state index in [-0.39, 0.29) is 28.2 Å². The third kappa shape index (κ3) is 4.37. The molecule has 0 saturated carbocycles. The standard InChI is InChI=1S/C26H27N3O5S/c1-17(30)27-21-5-9-23(10-6-21)35(32,33)28-14-18-13-20(16-28)26-24(11-12-25(31)29(26)15-18)19-3-7-22(34-2)8-4-19/h3-12,18,20H,13-16H2,1-2H3,(H,27,30)/t18-,20-/m1/s1. The highest BCUT2D eigenvalue weighted by Gasteiger charge is 2.40. The molecule has 0 spiro atoms. The Labute approximate surface area is 204 Å². The summed E-state index contributed by atoms with van der Waals surface area (Å²) >= 11 is 0. The van der Waals surface area contributed by atoms with Crippen LogP contribution in [0.3, 0.4) is 0 Å². The van der Waals surface area contributed by atoms with Crippen molar-refractivity contribution in [2.24, 2.45) is 5.92 Å². The van der Waals surface area contributed by atoms with Gasteiger partial charge in [-0.05, 0) is 60.4 Å². The van der Waals surface area contributed by atoms with E-state index >= 15 is 0 Å². The minimum atomic E-state index is -3.73. The fourth-order valence-electron chi connectivity index (χ4n) is 5.24. The van der Waals surface area contributed by atoms with E-state index < -0.39 is 10.0 Å². The second-order valence-electron chi connectivity index (χ2n) is 9.14. The molecule has 8 nitrogen and oxygen atoms in total. The predicted octanol–water partition coefficient (Wildman–Crippen LogP) is 3.29. The molecule has 35 heavy (non-hydrogen) atoms. The molecule has 3 heterocycles. The number of carbonyl (C=O) groups is 1. The van der Waals surface area contributed by atoms with Crippen molar-refractivity contribution in [2.75, 3.05) is 25.5 Å². The zero-order valence-electron chi connectivity index (χ0n) is 19.6. The smallest absolute Gasteiger partial charge is 0.250 e. The molecular weight excluding hydrogens is 466 g/mol. The van der Waals surface area contributed by atoms with Gasteiger partial charge in [0.25, 0.3) is 5.56 Å². The number of methoxy groups -OCH3 is 1. The maximum atomic E-state index is 13.5. The molecule has 0 unspecified atom stereocenters. The van der Waals surface area contributed by atoms with Gasteiger partial charge in [-0.25, -0.2) is 8.42 Å². The minimum Gasteiger partial charge on any atom is -0.497 e. The number of piperidine rings is 1. The van der Waals surface area contributed by atoms with Gasteiger partial charge >= 0.3 is 0 Å². The van der Waals surface area contributed by atoms with Crippen molar-refractivity contribution in [3.8, 4) is 16.9 Å². The largest absolute Gasteiger partial charge is 0.497 e. The Kier molecular flexibility index (Phi) is 5.98. The highest BCUT2D eigenvalue weighted by molar-refractivity contribution is 7.89. The molecule has 1 fully saturated rings. The van der Waals surface area contributed by atoms with E-state index in [1.165, 1.54) is 23.4 Å². The molecule has 3 aromatic rings. The van der Waals surface area contributed by atoms with Crippen LogP contribution in [0.2, 0.25) is 0 Å². The SMILES string of the molecule is COc1ccc(-c2ccc(=O)n3c2[C@@H]2C[C@H](CN(S(=O)(=O)c4ccc(NC(C)=O)cc4)C2)C3)cc1. The molecule has 0 aliphatic carbocycles. The maximum Gasteiger partial charge on any atom is 0.250 e. The summed E-state index contributed by atoms with van der Waals surface area (Å²) in [6.07, 6.45) is 0.833. The molecule has 2 aromatic carbocycles. The number of rotatable bonds is 5. The minimum absolute atomic E-state index is 0.0542. The van der Waals surface area contributed by atoms with Crippen molar-refractivity contribution in [3.63, 3.8) is 0 Å². The molecule has 2 aliphatic rings. The van der Waals surface area contributed by atoms with E-state index in [1.54, 1.807) is 25.3 Å². The van der Waals surface area contributed by atoms with Crippen LogP contribution in [0.25, 0.3) is 11.1 Å². The molecule has 0 radical (unpaired) electrons. The fraction of sp³-hybridized carbons (Fsp3) is 0.308. The van der Waals surface area contributed by atoms with Gasteiger partial charge in [0.1, 0.15) is 5.75 Å². The normalized spacial score (nSPS) is 19.6. The third-order valence-corrected chi connectivity index (χ3v) is 8.62. The number of fused-ring (bicyclic) bond motifs is 4. The van der Waals surface area contributed by atoms with Gasteiger partial charge in [0, 0.05) is 55.5 Å². The Morgan fingerprint density at radius 2 is 1.69 bits per heavy atom. The molecule has 182 valence electrons. The molecular formula is C26H27N3O5S. The summed E-state index contributed by atoms with van der Waals surface area (Å²) in [7, 11) is -2.12. The second-order valence-corrected chi connectivity index (χ2v) is 11.1. The molecule has 9 heteroatoms. The quantitative estimate of drug-likeness (QED) is 0.588. The zero-order valence-corrected chi connectivity index (χ0v) is 20.4. The Bertz CT molecular complexity index is 1430. The van der Waals surface area contributed by atoms with E-state index in [4.69, 9.17) is 4.74 Å². The zero-order chi connectivity index (χ0) is 24.7. The first-order chi connectivity index (χ1) is 16.8. The van der Waals surface area contributed by atoms with Crippen molar-refractivity contribution in [2.45, 2.75) is 30.7 Å². The average molecular weight is 494 g/mol. The molecule has 2 bridgehead atoms. The lowest BCUT2D eigenvalue weighted by atomic mass is 9.81. The van der Waals surface area contributed by atoms with Crippen LogP contribution in [0.4, 0.5) is 5.69 Å². The summed E-state index contributed by atoms with van der Waals surface area (Å²) in [6, 6.07) is 17.3. The molecule has 5 rings (SSSR count). The number of hydrogen-bond acceptors (Lipinski definition) is 5. The first kappa shape index (κ1) is 23.3. The lowest BCUT2D eigenvalue weighted by molar-refractivity contribution is -0.114. The van der Waals surface area contributed by atoms with E-state index in [9.17, 15) is 18.0 Å². The highest BCUT2D eigenvalue weighted by Crippen LogP contribution is 2.41. The van der Waals surface area contributed by atoms with Gasteiger partial charge in [-0.2, -0.15) is 4.31 Å². The van der Waals surface area contributed by atoms with Crippen LogP contribution in [0.5, 0.6) is 5.75 Å². The number of nitrogens with one attached hydrogen (secondary N) is 1. The Morgan fingerprint density at radius 3 is 2.34 bits per heavy atom. The van der Waals surface area contributed by atoms with Gasteiger partial charge in [0.2, 0.25) is 15.9 Å². The van der Waals surface area contributed by atoms with Gasteiger partial charge < -0.3 is 14.6 Å². The van der Waals surface area contributed by atoms with Crippen LogP contribution in [0, 0.1) is 5.92 Å². The Morgan fingerprint density at radius 1 is 0.971 bits per heavy atom. The summed E-state index contributed by atoms with van der Waals surface area (Å²) in [6.45, 7) is 2.56. The number of sulfonamides is 1. The van der Waals surface area contributed by atoms with Crippen LogP contribution < -0.4 is 15.6 Å². The number of anilines is 1. The summed E-state index contributed by atoms with van der Waals surface area (Å²) < 4.78 is 35.7. The highest BCUT2D eigenvalue weighted by atomic mass is 32.2. The molecule has 1 saturated heterocycles. The topological polar surface area (TPSA) is 97.7 Å². The first-order valence-electron chi connectivity index (χ1n) is 11.5. The number of carbonyl (C=O) groups excluding carboxylic acids is 1. The van der Waals surface area contributed by atoms with Gasteiger partial charge in [0.05, 0.1) is 12.0 Å². The summed E-state index contributed by atoms with van der Waals surface area (Å²) in [5, 5.41) is 2.65. The molecule has 1 amide bonds. The number of nitrogens with zero attached hydrogens (tertiary/aromatic N) is 2. The fourth-order valence-corrected chi connectivity index (χ4v) is 6.81. The Balaban J connectivity index is 1.49. The third-order valence-electron chi connectivity index (χ3n) is 6.77. The number of pyridine rings is 1. The van der Waals surface area contributed by atoms with Crippen LogP contribution in [-0.2, 0) is 21.4 Å². The van der Waals surface area contributed by atoms with Gasteiger partial charge in [-0.15, -0.1) is 0 Å². The molecule has 1 N–H and O–H groups in total. The van der Waals surface area contributed by atoms with E-state index in [2.05, 4.69) is 5.32 Å². The van der Waals surface area contributed by atoms with Gasteiger partial charge in [-0.1, -0.05) is 12.1 Å². The number of benzene rings is 2. The Hall–Kier alpha value is -3.43. The summed E-state index contributed by atoms with van der Waals surface area (Å²) in [5.41, 5.74) is 3.28. The lowest BCUT2D eigenvalue weighted by Crippen LogP contribution is -2.49. The van der Waals surface area contributed by atoms with E-state index in [1.807, 2.05) is 34.9 Å². The maximum absolute atomic E-state index is 13.5. The number of aromatic nitrogens is 1. The second kappa shape index (κ2) is 8.98. The van der Waals surface area contributed by atoms with Crippen molar-refractivity contribution >= 4 is 21.6 Å². The van der Waals surface area contributed by atoms with Crippen molar-refractivity contribution in [1.29, 1.82) is 0 Å².